The second-order valence-corrected chi connectivity index (χ2v) is 7.09. The average Bonchev–Trinajstić information content (AvgIpc) is 3.42. The lowest BCUT2D eigenvalue weighted by molar-refractivity contribution is 0.102. The highest BCUT2D eigenvalue weighted by atomic mass is 32.2. The molecular weight excluding hydrogens is 376 g/mol. The Morgan fingerprint density at radius 2 is 1.89 bits per heavy atom. The number of benzene rings is 2. The van der Waals surface area contributed by atoms with Crippen molar-refractivity contribution in [3.63, 3.8) is 0 Å². The summed E-state index contributed by atoms with van der Waals surface area (Å²) >= 11 is 1.38. The van der Waals surface area contributed by atoms with Crippen LogP contribution in [0.15, 0.2) is 70.3 Å². The molecule has 5 rings (SSSR count). The van der Waals surface area contributed by atoms with E-state index in [1.807, 2.05) is 30.3 Å². The van der Waals surface area contributed by atoms with E-state index < -0.39 is 0 Å². The minimum atomic E-state index is -0.00876. The number of para-hydroxylation sites is 1. The van der Waals surface area contributed by atoms with Crippen LogP contribution in [0.4, 0.5) is 0 Å². The van der Waals surface area contributed by atoms with Crippen LogP contribution in [-0.2, 0) is 0 Å². The Labute approximate surface area is 164 Å². The van der Waals surface area contributed by atoms with Crippen molar-refractivity contribution in [2.75, 3.05) is 12.5 Å². The van der Waals surface area contributed by atoms with Gasteiger partial charge in [0.1, 0.15) is 5.03 Å². The van der Waals surface area contributed by atoms with Crippen molar-refractivity contribution < 1.29 is 18.7 Å². The van der Waals surface area contributed by atoms with Gasteiger partial charge in [0.2, 0.25) is 6.79 Å². The predicted octanol–water partition coefficient (Wildman–Crippen LogP) is 4.59. The SMILES string of the molecule is O=C(CSc1nc(-c2ccco2)nc2ccccc12)c1ccc2c(c1)OCO2. The number of ketones is 1. The number of thioether (sulfide) groups is 1. The Morgan fingerprint density at radius 3 is 2.79 bits per heavy atom. The monoisotopic (exact) mass is 390 g/mol. The summed E-state index contributed by atoms with van der Waals surface area (Å²) in [7, 11) is 0. The van der Waals surface area contributed by atoms with Gasteiger partial charge < -0.3 is 13.9 Å². The molecule has 0 saturated carbocycles. The molecule has 0 N–H and O–H groups in total. The lowest BCUT2D eigenvalue weighted by atomic mass is 10.1. The smallest absolute Gasteiger partial charge is 0.231 e. The molecule has 6 nitrogen and oxygen atoms in total. The summed E-state index contributed by atoms with van der Waals surface area (Å²) in [6, 6.07) is 16.6. The van der Waals surface area contributed by atoms with Gasteiger partial charge >= 0.3 is 0 Å². The Hall–Kier alpha value is -3.32. The van der Waals surface area contributed by atoms with Crippen LogP contribution >= 0.6 is 11.8 Å². The molecule has 2 aromatic carbocycles. The molecule has 2 aromatic heterocycles. The maximum atomic E-state index is 12.7. The van der Waals surface area contributed by atoms with Gasteiger partial charge in [0.15, 0.2) is 28.9 Å². The highest BCUT2D eigenvalue weighted by molar-refractivity contribution is 8.00. The van der Waals surface area contributed by atoms with Gasteiger partial charge in [-0.05, 0) is 36.4 Å². The molecule has 0 radical (unpaired) electrons. The molecule has 0 bridgehead atoms. The quantitative estimate of drug-likeness (QED) is 0.280. The van der Waals surface area contributed by atoms with E-state index in [-0.39, 0.29) is 18.3 Å². The molecule has 0 saturated heterocycles. The van der Waals surface area contributed by atoms with Crippen molar-refractivity contribution in [2.24, 2.45) is 0 Å². The molecule has 1 aliphatic rings. The third-order valence-electron chi connectivity index (χ3n) is 4.34. The topological polar surface area (TPSA) is 74.5 Å². The second kappa shape index (κ2) is 7.01. The number of fused-ring (bicyclic) bond motifs is 2. The van der Waals surface area contributed by atoms with Gasteiger partial charge in [0, 0.05) is 10.9 Å². The van der Waals surface area contributed by atoms with Gasteiger partial charge in [-0.3, -0.25) is 4.79 Å². The lowest BCUT2D eigenvalue weighted by Gasteiger charge is -2.07. The maximum Gasteiger partial charge on any atom is 0.231 e. The van der Waals surface area contributed by atoms with Gasteiger partial charge in [-0.15, -0.1) is 0 Å². The summed E-state index contributed by atoms with van der Waals surface area (Å²) in [6.07, 6.45) is 1.59. The van der Waals surface area contributed by atoms with E-state index in [1.54, 1.807) is 30.5 Å². The van der Waals surface area contributed by atoms with Crippen LogP contribution in [0.3, 0.4) is 0 Å². The van der Waals surface area contributed by atoms with E-state index in [2.05, 4.69) is 9.97 Å². The van der Waals surface area contributed by atoms with E-state index >= 15 is 0 Å². The molecular formula is C21H14N2O4S. The molecule has 3 heterocycles. The first-order valence-corrected chi connectivity index (χ1v) is 9.63. The van der Waals surface area contributed by atoms with Crippen molar-refractivity contribution in [1.29, 1.82) is 0 Å². The van der Waals surface area contributed by atoms with Crippen molar-refractivity contribution in [3.05, 3.63) is 66.4 Å². The van der Waals surface area contributed by atoms with Gasteiger partial charge in [-0.2, -0.15) is 0 Å². The minimum Gasteiger partial charge on any atom is -0.461 e. The standard InChI is InChI=1S/C21H14N2O4S/c24-16(13-7-8-17-19(10-13)27-12-26-17)11-28-21-14-4-1-2-5-15(14)22-20(23-21)18-6-3-9-25-18/h1-10H,11-12H2. The number of hydrogen-bond acceptors (Lipinski definition) is 7. The summed E-state index contributed by atoms with van der Waals surface area (Å²) in [4.78, 5) is 21.9. The second-order valence-electron chi connectivity index (χ2n) is 6.13. The number of carbonyl (C=O) groups excluding carboxylic acids is 1. The first-order chi connectivity index (χ1) is 13.8. The number of nitrogens with zero attached hydrogens (tertiary/aromatic N) is 2. The molecule has 0 fully saturated rings. The molecule has 138 valence electrons. The van der Waals surface area contributed by atoms with E-state index in [0.29, 0.717) is 28.6 Å². The molecule has 0 atom stereocenters. The van der Waals surface area contributed by atoms with Crippen LogP contribution < -0.4 is 9.47 Å². The van der Waals surface area contributed by atoms with Crippen LogP contribution in [0, 0.1) is 0 Å². The molecule has 0 amide bonds. The summed E-state index contributed by atoms with van der Waals surface area (Å²) in [5.41, 5.74) is 1.39. The van der Waals surface area contributed by atoms with Crippen molar-refractivity contribution >= 4 is 28.4 Å². The lowest BCUT2D eigenvalue weighted by Crippen LogP contribution is -2.03. The Morgan fingerprint density at radius 1 is 1.00 bits per heavy atom. The van der Waals surface area contributed by atoms with E-state index in [9.17, 15) is 4.79 Å². The fourth-order valence-electron chi connectivity index (χ4n) is 2.96. The predicted molar refractivity (Wildman–Crippen MR) is 105 cm³/mol. The van der Waals surface area contributed by atoms with Crippen molar-refractivity contribution in [1.82, 2.24) is 9.97 Å². The van der Waals surface area contributed by atoms with Crippen LogP contribution in [0.2, 0.25) is 0 Å². The third kappa shape index (κ3) is 3.10. The van der Waals surface area contributed by atoms with Gasteiger partial charge in [-0.25, -0.2) is 9.97 Å². The van der Waals surface area contributed by atoms with Crippen molar-refractivity contribution in [2.45, 2.75) is 5.03 Å². The van der Waals surface area contributed by atoms with Crippen LogP contribution in [0.1, 0.15) is 10.4 Å². The number of furan rings is 1. The largest absolute Gasteiger partial charge is 0.461 e. The summed E-state index contributed by atoms with van der Waals surface area (Å²) in [6.45, 7) is 0.185. The van der Waals surface area contributed by atoms with E-state index in [4.69, 9.17) is 13.9 Å². The molecule has 0 aliphatic carbocycles. The van der Waals surface area contributed by atoms with Gasteiger partial charge in [0.05, 0.1) is 17.5 Å². The third-order valence-corrected chi connectivity index (χ3v) is 5.34. The van der Waals surface area contributed by atoms with Gasteiger partial charge in [0.25, 0.3) is 0 Å². The van der Waals surface area contributed by atoms with E-state index in [1.165, 1.54) is 11.8 Å². The van der Waals surface area contributed by atoms with Crippen LogP contribution in [-0.4, -0.2) is 28.3 Å². The Kier molecular flexibility index (Phi) is 4.21. The van der Waals surface area contributed by atoms with Crippen molar-refractivity contribution in [3.8, 4) is 23.1 Å². The Bertz CT molecular complexity index is 1170. The zero-order valence-electron chi connectivity index (χ0n) is 14.6. The first kappa shape index (κ1) is 16.8. The molecule has 4 aromatic rings. The molecule has 7 heteroatoms. The Balaban J connectivity index is 1.43. The number of Topliss-reactive ketones (excluding diaryl/α,β-unsaturated/α-hetero) is 1. The molecule has 28 heavy (non-hydrogen) atoms. The van der Waals surface area contributed by atoms with Crippen LogP contribution in [0.25, 0.3) is 22.5 Å². The maximum absolute atomic E-state index is 12.7. The minimum absolute atomic E-state index is 0.00876. The number of hydrogen-bond donors (Lipinski definition) is 0. The number of aromatic nitrogens is 2. The fraction of sp³-hybridized carbons (Fsp3) is 0.0952. The zero-order valence-corrected chi connectivity index (χ0v) is 15.4. The molecule has 0 unspecified atom stereocenters. The highest BCUT2D eigenvalue weighted by Gasteiger charge is 2.18. The highest BCUT2D eigenvalue weighted by Crippen LogP contribution is 2.33. The van der Waals surface area contributed by atoms with Crippen LogP contribution in [0.5, 0.6) is 11.5 Å². The summed E-state index contributed by atoms with van der Waals surface area (Å²) < 4.78 is 16.1. The number of carbonyl (C=O) groups is 1. The summed E-state index contributed by atoms with van der Waals surface area (Å²) in [5, 5.41) is 1.65. The van der Waals surface area contributed by atoms with E-state index in [0.717, 1.165) is 15.9 Å². The summed E-state index contributed by atoms with van der Waals surface area (Å²) in [5.74, 6) is 2.60. The first-order valence-electron chi connectivity index (χ1n) is 8.64. The zero-order chi connectivity index (χ0) is 18.9. The number of ether oxygens (including phenoxy) is 2. The molecule has 0 spiro atoms. The fourth-order valence-corrected chi connectivity index (χ4v) is 3.87. The normalized spacial score (nSPS) is 12.4. The average molecular weight is 390 g/mol. The molecule has 1 aliphatic heterocycles. The number of rotatable bonds is 5. The van der Waals surface area contributed by atoms with Gasteiger partial charge in [-0.1, -0.05) is 30.0 Å².